The van der Waals surface area contributed by atoms with Crippen molar-refractivity contribution in [2.24, 2.45) is 0 Å². The zero-order valence-corrected chi connectivity index (χ0v) is 16.8. The summed E-state index contributed by atoms with van der Waals surface area (Å²) in [4.78, 5) is 14.2. The van der Waals surface area contributed by atoms with Crippen LogP contribution in [-0.4, -0.2) is 24.0 Å². The summed E-state index contributed by atoms with van der Waals surface area (Å²) in [5.74, 6) is -0.331. The molecule has 0 saturated heterocycles. The van der Waals surface area contributed by atoms with Crippen LogP contribution in [0.4, 0.5) is 0 Å². The summed E-state index contributed by atoms with van der Waals surface area (Å²) < 4.78 is 4.82. The molecule has 0 aliphatic heterocycles. The minimum Gasteiger partial charge on any atom is -0.466 e. The van der Waals surface area contributed by atoms with E-state index in [1.165, 1.54) is 29.9 Å². The number of rotatable bonds is 9. The Morgan fingerprint density at radius 3 is 1.69 bits per heavy atom. The van der Waals surface area contributed by atoms with Gasteiger partial charge in [0.15, 0.2) is 0 Å². The minimum absolute atomic E-state index is 0.0527. The highest BCUT2D eigenvalue weighted by Gasteiger charge is 2.18. The molecule has 0 saturated carbocycles. The second kappa shape index (κ2) is 11.0. The Labute approximate surface area is 173 Å². The maximum Gasteiger partial charge on any atom is 0.330 e. The molecule has 29 heavy (non-hydrogen) atoms. The van der Waals surface area contributed by atoms with E-state index in [1.54, 1.807) is 0 Å². The normalized spacial score (nSPS) is 12.2. The molecular formula is C26H27NO2. The topological polar surface area (TPSA) is 29.5 Å². The summed E-state index contributed by atoms with van der Waals surface area (Å²) in [5.41, 5.74) is 3.72. The van der Waals surface area contributed by atoms with E-state index >= 15 is 0 Å². The van der Waals surface area contributed by atoms with Crippen molar-refractivity contribution in [3.8, 4) is 0 Å². The van der Waals surface area contributed by atoms with E-state index in [4.69, 9.17) is 4.74 Å². The summed E-state index contributed by atoms with van der Waals surface area (Å²) in [6, 6.07) is 31.3. The molecule has 0 N–H and O–H groups in total. The summed E-state index contributed by atoms with van der Waals surface area (Å²) in [6.07, 6.45) is 4.31. The fourth-order valence-electron chi connectivity index (χ4n) is 3.36. The van der Waals surface area contributed by atoms with E-state index in [2.05, 4.69) is 77.7 Å². The number of hydrogen-bond acceptors (Lipinski definition) is 3. The van der Waals surface area contributed by atoms with Crippen LogP contribution in [0.15, 0.2) is 103 Å². The van der Waals surface area contributed by atoms with Crippen molar-refractivity contribution in [3.05, 3.63) is 120 Å². The standard InChI is InChI=1S/C26H27NO2/c1-29-26(28)18-17-25(19-22-11-5-2-6-12-22)27(20-23-13-7-3-8-14-23)21-24-15-9-4-10-16-24/h2-18,25H,19-21H2,1H3/b18-17-. The van der Waals surface area contributed by atoms with Crippen molar-refractivity contribution in [3.63, 3.8) is 0 Å². The van der Waals surface area contributed by atoms with E-state index in [0.29, 0.717) is 0 Å². The molecule has 0 aromatic heterocycles. The smallest absolute Gasteiger partial charge is 0.330 e. The van der Waals surface area contributed by atoms with Gasteiger partial charge in [0.05, 0.1) is 7.11 Å². The molecule has 1 unspecified atom stereocenters. The summed E-state index contributed by atoms with van der Waals surface area (Å²) >= 11 is 0. The Kier molecular flexibility index (Phi) is 7.79. The predicted octanol–water partition coefficient (Wildman–Crippen LogP) is 5.03. The van der Waals surface area contributed by atoms with E-state index in [0.717, 1.165) is 19.5 Å². The average molecular weight is 386 g/mol. The second-order valence-electron chi connectivity index (χ2n) is 7.02. The highest BCUT2D eigenvalue weighted by Crippen LogP contribution is 2.18. The lowest BCUT2D eigenvalue weighted by molar-refractivity contribution is -0.134. The average Bonchev–Trinajstić information content (AvgIpc) is 2.78. The van der Waals surface area contributed by atoms with Crippen molar-refractivity contribution in [1.29, 1.82) is 0 Å². The third kappa shape index (κ3) is 6.74. The lowest BCUT2D eigenvalue weighted by Crippen LogP contribution is -2.35. The van der Waals surface area contributed by atoms with Crippen LogP contribution in [0.5, 0.6) is 0 Å². The van der Waals surface area contributed by atoms with Gasteiger partial charge in [-0.2, -0.15) is 0 Å². The van der Waals surface area contributed by atoms with Gasteiger partial charge in [0.1, 0.15) is 0 Å². The van der Waals surface area contributed by atoms with Crippen LogP contribution in [-0.2, 0) is 29.0 Å². The van der Waals surface area contributed by atoms with E-state index < -0.39 is 0 Å². The maximum absolute atomic E-state index is 11.8. The predicted molar refractivity (Wildman–Crippen MR) is 117 cm³/mol. The van der Waals surface area contributed by atoms with Crippen LogP contribution < -0.4 is 0 Å². The van der Waals surface area contributed by atoms with Crippen LogP contribution in [0, 0.1) is 0 Å². The fourth-order valence-corrected chi connectivity index (χ4v) is 3.36. The quantitative estimate of drug-likeness (QED) is 0.382. The van der Waals surface area contributed by atoms with Crippen molar-refractivity contribution >= 4 is 5.97 Å². The first-order valence-corrected chi connectivity index (χ1v) is 9.86. The Bertz CT molecular complexity index is 850. The van der Waals surface area contributed by atoms with Gasteiger partial charge < -0.3 is 4.74 Å². The van der Waals surface area contributed by atoms with Crippen LogP contribution in [0.2, 0.25) is 0 Å². The van der Waals surface area contributed by atoms with Crippen molar-refractivity contribution < 1.29 is 9.53 Å². The number of carbonyl (C=O) groups excluding carboxylic acids is 1. The molecule has 3 nitrogen and oxygen atoms in total. The van der Waals surface area contributed by atoms with Crippen LogP contribution in [0.3, 0.4) is 0 Å². The van der Waals surface area contributed by atoms with Gasteiger partial charge >= 0.3 is 5.97 Å². The molecule has 0 radical (unpaired) electrons. The molecule has 0 heterocycles. The monoisotopic (exact) mass is 385 g/mol. The second-order valence-corrected chi connectivity index (χ2v) is 7.02. The van der Waals surface area contributed by atoms with Gasteiger partial charge in [0.2, 0.25) is 0 Å². The molecule has 0 aliphatic rings. The number of hydrogen-bond donors (Lipinski definition) is 0. The van der Waals surface area contributed by atoms with Crippen molar-refractivity contribution in [1.82, 2.24) is 4.90 Å². The van der Waals surface area contributed by atoms with Crippen molar-refractivity contribution in [2.45, 2.75) is 25.6 Å². The molecular weight excluding hydrogens is 358 g/mol. The maximum atomic E-state index is 11.8. The Morgan fingerprint density at radius 2 is 1.24 bits per heavy atom. The highest BCUT2D eigenvalue weighted by molar-refractivity contribution is 5.81. The summed E-state index contributed by atoms with van der Waals surface area (Å²) in [7, 11) is 1.41. The minimum atomic E-state index is -0.331. The first kappa shape index (κ1) is 20.6. The van der Waals surface area contributed by atoms with Gasteiger partial charge in [-0.05, 0) is 23.1 Å². The Hall–Kier alpha value is -3.17. The lowest BCUT2D eigenvalue weighted by atomic mass is 10.0. The Balaban J connectivity index is 1.90. The van der Waals surface area contributed by atoms with Crippen molar-refractivity contribution in [2.75, 3.05) is 7.11 Å². The number of carbonyl (C=O) groups is 1. The van der Waals surface area contributed by atoms with Crippen LogP contribution in [0.1, 0.15) is 16.7 Å². The molecule has 148 valence electrons. The van der Waals surface area contributed by atoms with E-state index in [9.17, 15) is 4.79 Å². The first-order valence-electron chi connectivity index (χ1n) is 9.86. The van der Waals surface area contributed by atoms with Gasteiger partial charge in [0.25, 0.3) is 0 Å². The molecule has 0 bridgehead atoms. The largest absolute Gasteiger partial charge is 0.466 e. The highest BCUT2D eigenvalue weighted by atomic mass is 16.5. The molecule has 0 fully saturated rings. The lowest BCUT2D eigenvalue weighted by Gasteiger charge is -2.30. The number of methoxy groups -OCH3 is 1. The number of ether oxygens (including phenoxy) is 1. The van der Waals surface area contributed by atoms with Gasteiger partial charge in [-0.3, -0.25) is 4.90 Å². The number of nitrogens with zero attached hydrogens (tertiary/aromatic N) is 1. The van der Waals surface area contributed by atoms with Crippen LogP contribution in [0.25, 0.3) is 0 Å². The number of benzene rings is 3. The van der Waals surface area contributed by atoms with Gasteiger partial charge in [0, 0.05) is 25.2 Å². The molecule has 3 aromatic carbocycles. The summed E-state index contributed by atoms with van der Waals surface area (Å²) in [6.45, 7) is 1.58. The third-order valence-electron chi connectivity index (χ3n) is 4.87. The molecule has 3 heteroatoms. The molecule has 0 spiro atoms. The third-order valence-corrected chi connectivity index (χ3v) is 4.87. The molecule has 3 rings (SSSR count). The van der Waals surface area contributed by atoms with E-state index in [-0.39, 0.29) is 12.0 Å². The Morgan fingerprint density at radius 1 is 0.793 bits per heavy atom. The summed E-state index contributed by atoms with van der Waals surface area (Å²) in [5, 5.41) is 0. The zero-order chi connectivity index (χ0) is 20.3. The van der Waals surface area contributed by atoms with Gasteiger partial charge in [-0.25, -0.2) is 4.79 Å². The van der Waals surface area contributed by atoms with Crippen LogP contribution >= 0.6 is 0 Å². The number of esters is 1. The first-order chi connectivity index (χ1) is 14.2. The molecule has 1 atom stereocenters. The van der Waals surface area contributed by atoms with Gasteiger partial charge in [-0.15, -0.1) is 0 Å². The zero-order valence-electron chi connectivity index (χ0n) is 16.8. The molecule has 0 amide bonds. The van der Waals surface area contributed by atoms with Gasteiger partial charge in [-0.1, -0.05) is 97.1 Å². The fraction of sp³-hybridized carbons (Fsp3) is 0.192. The van der Waals surface area contributed by atoms with E-state index in [1.807, 2.05) is 24.3 Å². The molecule has 0 aliphatic carbocycles. The SMILES string of the molecule is COC(=O)/C=C\C(Cc1ccccc1)N(Cc1ccccc1)Cc1ccccc1. The molecule has 3 aromatic rings.